The van der Waals surface area contributed by atoms with Gasteiger partial charge in [-0.2, -0.15) is 0 Å². The lowest BCUT2D eigenvalue weighted by atomic mass is 10.1. The van der Waals surface area contributed by atoms with Gasteiger partial charge in [-0.05, 0) is 44.5 Å². The maximum absolute atomic E-state index is 12.5. The summed E-state index contributed by atoms with van der Waals surface area (Å²) in [5.41, 5.74) is 4.81. The largest absolute Gasteiger partial charge is 0.487 e. The van der Waals surface area contributed by atoms with Crippen LogP contribution in [0.1, 0.15) is 29.3 Å². The van der Waals surface area contributed by atoms with Crippen molar-refractivity contribution in [2.75, 3.05) is 4.90 Å². The summed E-state index contributed by atoms with van der Waals surface area (Å²) in [6.45, 7) is 10.2. The molecule has 0 unspecified atom stereocenters. The second-order valence-corrected chi connectivity index (χ2v) is 8.59. The summed E-state index contributed by atoms with van der Waals surface area (Å²) in [4.78, 5) is 23.5. The normalized spacial score (nSPS) is 11.2. The Morgan fingerprint density at radius 2 is 2.03 bits per heavy atom. The predicted octanol–water partition coefficient (Wildman–Crippen LogP) is 6.17. The third-order valence-corrected chi connectivity index (χ3v) is 6.04. The summed E-state index contributed by atoms with van der Waals surface area (Å²) < 4.78 is 7.92. The van der Waals surface area contributed by atoms with E-state index in [2.05, 4.69) is 11.6 Å². The molecule has 0 aliphatic carbocycles. The number of anilines is 1. The van der Waals surface area contributed by atoms with Crippen molar-refractivity contribution in [2.45, 2.75) is 33.9 Å². The number of rotatable bonds is 8. The summed E-state index contributed by atoms with van der Waals surface area (Å²) in [5.74, 6) is 0.642. The molecule has 0 saturated heterocycles. The number of hydrogen-bond donors (Lipinski definition) is 0. The van der Waals surface area contributed by atoms with Crippen LogP contribution in [0.25, 0.3) is 10.9 Å². The Bertz CT molecular complexity index is 1480. The van der Waals surface area contributed by atoms with Crippen molar-refractivity contribution in [3.05, 3.63) is 118 Å². The number of fused-ring (bicyclic) bond motifs is 1. The van der Waals surface area contributed by atoms with Gasteiger partial charge in [0.05, 0.1) is 17.3 Å². The van der Waals surface area contributed by atoms with E-state index in [4.69, 9.17) is 21.3 Å². The minimum Gasteiger partial charge on any atom is -0.487 e. The fourth-order valence-electron chi connectivity index (χ4n) is 3.97. The first-order valence-electron chi connectivity index (χ1n) is 11.3. The molecule has 0 saturated carbocycles. The highest BCUT2D eigenvalue weighted by Gasteiger charge is 2.15. The van der Waals surface area contributed by atoms with Gasteiger partial charge in [0.1, 0.15) is 17.9 Å². The van der Waals surface area contributed by atoms with Crippen molar-refractivity contribution >= 4 is 28.2 Å². The van der Waals surface area contributed by atoms with Crippen LogP contribution in [0, 0.1) is 13.8 Å². The van der Waals surface area contributed by atoms with E-state index in [0.29, 0.717) is 22.9 Å². The van der Waals surface area contributed by atoms with Crippen molar-refractivity contribution in [3.63, 3.8) is 0 Å². The van der Waals surface area contributed by atoms with Gasteiger partial charge in [-0.25, -0.2) is 4.98 Å². The highest BCUT2D eigenvalue weighted by Crippen LogP contribution is 2.33. The molecule has 0 N–H and O–H groups in total. The molecule has 0 aliphatic heterocycles. The van der Waals surface area contributed by atoms with E-state index < -0.39 is 0 Å². The van der Waals surface area contributed by atoms with Gasteiger partial charge in [-0.1, -0.05) is 42.5 Å². The van der Waals surface area contributed by atoms with E-state index in [0.717, 1.165) is 33.4 Å². The van der Waals surface area contributed by atoms with Crippen molar-refractivity contribution in [2.24, 2.45) is 0 Å². The van der Waals surface area contributed by atoms with E-state index in [1.807, 2.05) is 61.4 Å². The molecular weight excluding hydrogens is 460 g/mol. The summed E-state index contributed by atoms with van der Waals surface area (Å²) in [5, 5.41) is 1.43. The predicted molar refractivity (Wildman–Crippen MR) is 142 cm³/mol. The number of aromatic nitrogens is 3. The highest BCUT2D eigenvalue weighted by molar-refractivity contribution is 6.31. The minimum atomic E-state index is -0.0477. The van der Waals surface area contributed by atoms with Gasteiger partial charge >= 0.3 is 0 Å². The first-order valence-corrected chi connectivity index (χ1v) is 11.6. The maximum Gasteiger partial charge on any atom is 0.253 e. The number of para-hydroxylation sites is 1. The zero-order valence-electron chi connectivity index (χ0n) is 20.0. The van der Waals surface area contributed by atoms with Crippen molar-refractivity contribution in [1.82, 2.24) is 14.5 Å². The Labute approximate surface area is 209 Å². The van der Waals surface area contributed by atoms with Crippen molar-refractivity contribution in [1.29, 1.82) is 0 Å². The summed E-state index contributed by atoms with van der Waals surface area (Å²) in [6, 6.07) is 11.5. The average molecular weight is 487 g/mol. The Kier molecular flexibility index (Phi) is 7.32. The molecule has 0 amide bonds. The van der Waals surface area contributed by atoms with E-state index in [9.17, 15) is 4.79 Å². The Morgan fingerprint density at radius 3 is 2.80 bits per heavy atom. The summed E-state index contributed by atoms with van der Waals surface area (Å²) in [6.07, 6.45) is 10.7. The summed E-state index contributed by atoms with van der Waals surface area (Å²) in [7, 11) is 0. The third-order valence-electron chi connectivity index (χ3n) is 5.71. The number of pyridine rings is 3. The quantitative estimate of drug-likeness (QED) is 0.298. The molecule has 3 aromatic heterocycles. The van der Waals surface area contributed by atoms with Crippen molar-refractivity contribution in [3.8, 4) is 5.75 Å². The van der Waals surface area contributed by atoms with Crippen molar-refractivity contribution < 1.29 is 4.74 Å². The summed E-state index contributed by atoms with van der Waals surface area (Å²) >= 11 is 6.53. The fraction of sp³-hybridized carbons (Fsp3) is 0.179. The first-order chi connectivity index (χ1) is 16.9. The van der Waals surface area contributed by atoms with Gasteiger partial charge in [-0.15, -0.1) is 0 Å². The molecule has 0 radical (unpaired) electrons. The van der Waals surface area contributed by atoms with Gasteiger partial charge in [0, 0.05) is 53.2 Å². The first kappa shape index (κ1) is 24.2. The lowest BCUT2D eigenvalue weighted by molar-refractivity contribution is 0.307. The topological polar surface area (TPSA) is 60.2 Å². The number of halogens is 1. The van der Waals surface area contributed by atoms with Crippen LogP contribution in [0.2, 0.25) is 5.02 Å². The van der Waals surface area contributed by atoms with Gasteiger partial charge in [0.2, 0.25) is 0 Å². The van der Waals surface area contributed by atoms with Crippen LogP contribution in [-0.2, 0) is 13.2 Å². The molecule has 0 atom stereocenters. The lowest BCUT2D eigenvalue weighted by Crippen LogP contribution is -2.22. The Morgan fingerprint density at radius 1 is 1.20 bits per heavy atom. The molecule has 7 heteroatoms. The van der Waals surface area contributed by atoms with E-state index in [1.165, 1.54) is 0 Å². The van der Waals surface area contributed by atoms with Gasteiger partial charge in [0.15, 0.2) is 0 Å². The second kappa shape index (κ2) is 10.6. The highest BCUT2D eigenvalue weighted by atomic mass is 35.5. The van der Waals surface area contributed by atoms with E-state index in [-0.39, 0.29) is 12.2 Å². The van der Waals surface area contributed by atoms with E-state index in [1.54, 1.807) is 42.3 Å². The Hall–Kier alpha value is -3.90. The number of ether oxygens (including phenoxy) is 1. The minimum absolute atomic E-state index is 0.0477. The fourth-order valence-corrected chi connectivity index (χ4v) is 4.21. The SMILES string of the molecule is C=CN(/C=C\C)c1cc(C)nc2c(OCc3c(Cl)cncc3Cn3cccc(C)c3=O)cccc12. The molecule has 35 heavy (non-hydrogen) atoms. The van der Waals surface area contributed by atoms with Crippen LogP contribution >= 0.6 is 11.6 Å². The number of hydrogen-bond acceptors (Lipinski definition) is 5. The third kappa shape index (κ3) is 5.12. The molecule has 178 valence electrons. The molecule has 4 aromatic rings. The molecule has 1 aromatic carbocycles. The molecule has 0 fully saturated rings. The van der Waals surface area contributed by atoms with Crippen LogP contribution in [0.4, 0.5) is 5.69 Å². The van der Waals surface area contributed by atoms with Crippen LogP contribution < -0.4 is 15.2 Å². The van der Waals surface area contributed by atoms with Crippen LogP contribution in [0.15, 0.2) is 84.8 Å². The second-order valence-electron chi connectivity index (χ2n) is 8.18. The monoisotopic (exact) mass is 486 g/mol. The number of nitrogens with zero attached hydrogens (tertiary/aromatic N) is 4. The maximum atomic E-state index is 12.5. The zero-order valence-corrected chi connectivity index (χ0v) is 20.8. The van der Waals surface area contributed by atoms with Crippen LogP contribution in [0.3, 0.4) is 0 Å². The molecule has 0 aliphatic rings. The average Bonchev–Trinajstić information content (AvgIpc) is 2.84. The molecule has 3 heterocycles. The number of allylic oxidation sites excluding steroid dienone is 1. The standard InChI is InChI=1S/C28H27ClN4O2/c1-5-12-32(6-2)25-14-20(4)31-27-22(25)10-7-11-26(27)35-18-23-21(15-30-16-24(23)29)17-33-13-8-9-19(3)28(33)34/h5-16H,2,17-18H2,1,3-4H3/b12-5-. The van der Waals surface area contributed by atoms with Gasteiger partial charge in [-0.3, -0.25) is 9.78 Å². The molecule has 0 spiro atoms. The van der Waals surface area contributed by atoms with Crippen LogP contribution in [0.5, 0.6) is 5.75 Å². The number of aryl methyl sites for hydroxylation is 2. The molecular formula is C28H27ClN4O2. The molecule has 4 rings (SSSR count). The lowest BCUT2D eigenvalue weighted by Gasteiger charge is -2.19. The van der Waals surface area contributed by atoms with E-state index >= 15 is 0 Å². The Balaban J connectivity index is 1.70. The van der Waals surface area contributed by atoms with Gasteiger partial charge in [0.25, 0.3) is 5.56 Å². The molecule has 0 bridgehead atoms. The number of benzene rings is 1. The van der Waals surface area contributed by atoms with Crippen LogP contribution in [-0.4, -0.2) is 14.5 Å². The smallest absolute Gasteiger partial charge is 0.253 e. The van der Waals surface area contributed by atoms with Gasteiger partial charge < -0.3 is 14.2 Å². The zero-order chi connectivity index (χ0) is 24.9. The molecule has 6 nitrogen and oxygen atoms in total.